The lowest BCUT2D eigenvalue weighted by atomic mass is 10.1. The zero-order chi connectivity index (χ0) is 20.2. The number of piperidine rings is 1. The predicted molar refractivity (Wildman–Crippen MR) is 113 cm³/mol. The van der Waals surface area contributed by atoms with E-state index in [1.807, 2.05) is 37.3 Å². The number of aromatic amines is 1. The molecule has 0 saturated carbocycles. The Balaban J connectivity index is 1.41. The van der Waals surface area contributed by atoms with Gasteiger partial charge in [0, 0.05) is 32.5 Å². The number of anilines is 2. The van der Waals surface area contributed by atoms with Crippen molar-refractivity contribution in [3.8, 4) is 0 Å². The first-order valence-corrected chi connectivity index (χ1v) is 9.88. The Kier molecular flexibility index (Phi) is 5.62. The normalized spacial score (nSPS) is 16.0. The van der Waals surface area contributed by atoms with Crippen LogP contribution < -0.4 is 15.5 Å². The van der Waals surface area contributed by atoms with Gasteiger partial charge < -0.3 is 15.0 Å². The summed E-state index contributed by atoms with van der Waals surface area (Å²) in [7, 11) is 1.76. The molecule has 3 heterocycles. The van der Waals surface area contributed by atoms with E-state index in [2.05, 4.69) is 30.7 Å². The predicted octanol–water partition coefficient (Wildman–Crippen LogP) is 3.46. The van der Waals surface area contributed by atoms with E-state index in [0.29, 0.717) is 11.9 Å². The summed E-state index contributed by atoms with van der Waals surface area (Å²) in [6, 6.07) is 11.2. The van der Waals surface area contributed by atoms with Gasteiger partial charge in [-0.1, -0.05) is 30.3 Å². The van der Waals surface area contributed by atoms with Crippen LogP contribution in [0.25, 0.3) is 10.9 Å². The molecule has 1 aromatic carbocycles. The lowest BCUT2D eigenvalue weighted by Crippen LogP contribution is -2.36. The van der Waals surface area contributed by atoms with Crippen molar-refractivity contribution in [3.05, 3.63) is 48.2 Å². The average molecular weight is 394 g/mol. The molecule has 1 fully saturated rings. The molecular formula is C21H26N6O2. The van der Waals surface area contributed by atoms with Crippen LogP contribution in [-0.4, -0.2) is 47.5 Å². The highest BCUT2D eigenvalue weighted by atomic mass is 16.5. The SMILES string of the molecule is COC1CCN(c2n[nH]c3cc(NC(=O)NC(C)c4ccccc4)ncc23)CC1. The van der Waals surface area contributed by atoms with Gasteiger partial charge in [0.1, 0.15) is 5.82 Å². The maximum atomic E-state index is 12.3. The number of benzene rings is 1. The van der Waals surface area contributed by atoms with Crippen LogP contribution in [0.1, 0.15) is 31.4 Å². The zero-order valence-electron chi connectivity index (χ0n) is 16.7. The molecule has 1 unspecified atom stereocenters. The second-order valence-electron chi connectivity index (χ2n) is 7.32. The molecule has 2 aromatic heterocycles. The second kappa shape index (κ2) is 8.48. The smallest absolute Gasteiger partial charge is 0.320 e. The van der Waals surface area contributed by atoms with Crippen LogP contribution in [-0.2, 0) is 4.74 Å². The third-order valence-electron chi connectivity index (χ3n) is 5.39. The molecule has 1 aliphatic rings. The quantitative estimate of drug-likeness (QED) is 0.616. The third-order valence-corrected chi connectivity index (χ3v) is 5.39. The van der Waals surface area contributed by atoms with Crippen molar-refractivity contribution in [2.75, 3.05) is 30.4 Å². The highest BCUT2D eigenvalue weighted by molar-refractivity contribution is 5.94. The summed E-state index contributed by atoms with van der Waals surface area (Å²) >= 11 is 0. The minimum Gasteiger partial charge on any atom is -0.381 e. The molecule has 3 aromatic rings. The monoisotopic (exact) mass is 394 g/mol. The van der Waals surface area contributed by atoms with E-state index in [1.165, 1.54) is 0 Å². The van der Waals surface area contributed by atoms with Crippen molar-refractivity contribution in [2.24, 2.45) is 0 Å². The molecule has 2 amide bonds. The van der Waals surface area contributed by atoms with Crippen LogP contribution in [0.2, 0.25) is 0 Å². The van der Waals surface area contributed by atoms with E-state index < -0.39 is 0 Å². The lowest BCUT2D eigenvalue weighted by Gasteiger charge is -2.31. The minimum atomic E-state index is -0.297. The van der Waals surface area contributed by atoms with Gasteiger partial charge in [-0.05, 0) is 25.3 Å². The van der Waals surface area contributed by atoms with Gasteiger partial charge >= 0.3 is 6.03 Å². The number of methoxy groups -OCH3 is 1. The van der Waals surface area contributed by atoms with Crippen LogP contribution in [0.3, 0.4) is 0 Å². The molecule has 0 aliphatic carbocycles. The third kappa shape index (κ3) is 4.32. The van der Waals surface area contributed by atoms with Crippen molar-refractivity contribution in [3.63, 3.8) is 0 Å². The molecule has 8 heteroatoms. The van der Waals surface area contributed by atoms with Crippen molar-refractivity contribution in [1.82, 2.24) is 20.5 Å². The van der Waals surface area contributed by atoms with E-state index in [9.17, 15) is 4.79 Å². The van der Waals surface area contributed by atoms with Crippen LogP contribution in [0.4, 0.5) is 16.4 Å². The van der Waals surface area contributed by atoms with Gasteiger partial charge in [0.15, 0.2) is 5.82 Å². The number of H-pyrrole nitrogens is 1. The highest BCUT2D eigenvalue weighted by Crippen LogP contribution is 2.27. The topological polar surface area (TPSA) is 95.2 Å². The summed E-state index contributed by atoms with van der Waals surface area (Å²) in [6.45, 7) is 3.75. The van der Waals surface area contributed by atoms with E-state index in [0.717, 1.165) is 48.2 Å². The first kappa shape index (κ1) is 19.2. The Hall–Kier alpha value is -3.13. The summed E-state index contributed by atoms with van der Waals surface area (Å²) in [5.41, 5.74) is 1.89. The van der Waals surface area contributed by atoms with Gasteiger partial charge in [-0.15, -0.1) is 0 Å². The largest absolute Gasteiger partial charge is 0.381 e. The number of fused-ring (bicyclic) bond motifs is 1. The summed E-state index contributed by atoms with van der Waals surface area (Å²) in [5, 5.41) is 14.2. The number of urea groups is 1. The maximum absolute atomic E-state index is 12.3. The van der Waals surface area contributed by atoms with Crippen LogP contribution in [0.15, 0.2) is 42.6 Å². The minimum absolute atomic E-state index is 0.103. The molecule has 0 spiro atoms. The molecule has 3 N–H and O–H groups in total. The molecule has 1 saturated heterocycles. The van der Waals surface area contributed by atoms with Gasteiger partial charge in [0.05, 0.1) is 23.0 Å². The first-order chi connectivity index (χ1) is 14.1. The number of carbonyl (C=O) groups excluding carboxylic acids is 1. The molecule has 0 radical (unpaired) electrons. The fourth-order valence-corrected chi connectivity index (χ4v) is 3.69. The number of hydrogen-bond acceptors (Lipinski definition) is 5. The number of rotatable bonds is 5. The Morgan fingerprint density at radius 3 is 2.76 bits per heavy atom. The molecule has 8 nitrogen and oxygen atoms in total. The Bertz CT molecular complexity index is 966. The number of ether oxygens (including phenoxy) is 1. The van der Waals surface area contributed by atoms with E-state index >= 15 is 0 Å². The summed E-state index contributed by atoms with van der Waals surface area (Å²) in [4.78, 5) is 19.0. The molecule has 1 aliphatic heterocycles. The van der Waals surface area contributed by atoms with Crippen LogP contribution in [0, 0.1) is 0 Å². The van der Waals surface area contributed by atoms with E-state index in [1.54, 1.807) is 19.4 Å². The maximum Gasteiger partial charge on any atom is 0.320 e. The highest BCUT2D eigenvalue weighted by Gasteiger charge is 2.22. The molecule has 4 rings (SSSR count). The second-order valence-corrected chi connectivity index (χ2v) is 7.32. The Labute approximate surface area is 169 Å². The zero-order valence-corrected chi connectivity index (χ0v) is 16.7. The molecule has 29 heavy (non-hydrogen) atoms. The van der Waals surface area contributed by atoms with Gasteiger partial charge in [0.2, 0.25) is 0 Å². The lowest BCUT2D eigenvalue weighted by molar-refractivity contribution is 0.0818. The fraction of sp³-hybridized carbons (Fsp3) is 0.381. The number of pyridine rings is 1. The van der Waals surface area contributed by atoms with Crippen molar-refractivity contribution >= 4 is 28.6 Å². The number of carbonyl (C=O) groups is 1. The number of nitrogens with one attached hydrogen (secondary N) is 3. The van der Waals surface area contributed by atoms with Gasteiger partial charge in [-0.25, -0.2) is 9.78 Å². The molecular weight excluding hydrogens is 368 g/mol. The van der Waals surface area contributed by atoms with Crippen LogP contribution in [0.5, 0.6) is 0 Å². The number of amides is 2. The number of hydrogen-bond donors (Lipinski definition) is 3. The fourth-order valence-electron chi connectivity index (χ4n) is 3.69. The van der Waals surface area contributed by atoms with E-state index in [-0.39, 0.29) is 12.1 Å². The first-order valence-electron chi connectivity index (χ1n) is 9.88. The molecule has 152 valence electrons. The average Bonchev–Trinajstić information content (AvgIpc) is 3.17. The van der Waals surface area contributed by atoms with Crippen molar-refractivity contribution in [2.45, 2.75) is 31.9 Å². The number of nitrogens with zero attached hydrogens (tertiary/aromatic N) is 3. The van der Waals surface area contributed by atoms with Gasteiger partial charge in [-0.3, -0.25) is 10.4 Å². The molecule has 0 bridgehead atoms. The Morgan fingerprint density at radius 2 is 2.03 bits per heavy atom. The van der Waals surface area contributed by atoms with E-state index in [4.69, 9.17) is 4.74 Å². The summed E-state index contributed by atoms with van der Waals surface area (Å²) in [6.07, 6.45) is 4.05. The summed E-state index contributed by atoms with van der Waals surface area (Å²) < 4.78 is 5.44. The molecule has 1 atom stereocenters. The summed E-state index contributed by atoms with van der Waals surface area (Å²) in [5.74, 6) is 1.37. The van der Waals surface area contributed by atoms with Crippen LogP contribution >= 0.6 is 0 Å². The van der Waals surface area contributed by atoms with Gasteiger partial charge in [0.25, 0.3) is 0 Å². The Morgan fingerprint density at radius 1 is 1.28 bits per heavy atom. The standard InChI is InChI=1S/C21H26N6O2/c1-14(15-6-4-3-5-7-15)23-21(28)24-19-12-18-17(13-22-19)20(26-25-18)27-10-8-16(29-2)9-11-27/h3-7,12-14,16H,8-11H2,1-2H3,(H,25,26)(H2,22,23,24,28). The van der Waals surface area contributed by atoms with Crippen molar-refractivity contribution < 1.29 is 9.53 Å². The number of aromatic nitrogens is 3. The van der Waals surface area contributed by atoms with Crippen molar-refractivity contribution in [1.29, 1.82) is 0 Å². The van der Waals surface area contributed by atoms with Gasteiger partial charge in [-0.2, -0.15) is 5.10 Å².